The number of carbonyl (C=O) groups is 1. The lowest BCUT2D eigenvalue weighted by molar-refractivity contribution is -0.116. The fourth-order valence-electron chi connectivity index (χ4n) is 3.04. The Kier molecular flexibility index (Phi) is 5.02. The third kappa shape index (κ3) is 3.45. The molecule has 1 aliphatic rings. The van der Waals surface area contributed by atoms with Gasteiger partial charge in [0, 0.05) is 11.7 Å². The summed E-state index contributed by atoms with van der Waals surface area (Å²) >= 11 is 0. The van der Waals surface area contributed by atoms with E-state index in [1.165, 1.54) is 6.07 Å². The van der Waals surface area contributed by atoms with Gasteiger partial charge in [0.15, 0.2) is 0 Å². The van der Waals surface area contributed by atoms with E-state index in [-0.39, 0.29) is 22.8 Å². The summed E-state index contributed by atoms with van der Waals surface area (Å²) in [5, 5.41) is 2.75. The van der Waals surface area contributed by atoms with Crippen molar-refractivity contribution in [1.29, 1.82) is 0 Å². The van der Waals surface area contributed by atoms with Gasteiger partial charge in [0.1, 0.15) is 5.75 Å². The van der Waals surface area contributed by atoms with Crippen molar-refractivity contribution in [2.24, 2.45) is 0 Å². The summed E-state index contributed by atoms with van der Waals surface area (Å²) in [4.78, 5) is 11.9. The molecule has 3 rings (SSSR count). The van der Waals surface area contributed by atoms with Crippen molar-refractivity contribution in [2.75, 3.05) is 12.4 Å². The maximum Gasteiger partial charge on any atom is 0.241 e. The lowest BCUT2D eigenvalue weighted by Gasteiger charge is -2.18. The van der Waals surface area contributed by atoms with Gasteiger partial charge in [0.25, 0.3) is 0 Å². The lowest BCUT2D eigenvalue weighted by atomic mass is 10.0. The molecule has 0 saturated carbocycles. The molecule has 0 aromatic heterocycles. The van der Waals surface area contributed by atoms with Crippen molar-refractivity contribution in [1.82, 2.24) is 4.72 Å². The summed E-state index contributed by atoms with van der Waals surface area (Å²) in [6, 6.07) is 11.7. The van der Waals surface area contributed by atoms with E-state index in [4.69, 9.17) is 4.74 Å². The van der Waals surface area contributed by atoms with E-state index < -0.39 is 10.0 Å². The topological polar surface area (TPSA) is 84.5 Å². The molecule has 0 fully saturated rings. The Bertz CT molecular complexity index is 923. The van der Waals surface area contributed by atoms with Crippen molar-refractivity contribution in [2.45, 2.75) is 37.1 Å². The molecule has 138 valence electrons. The second kappa shape index (κ2) is 7.09. The Balaban J connectivity index is 1.87. The fraction of sp³-hybridized carbons (Fsp3) is 0.316. The Hall–Kier alpha value is -2.38. The van der Waals surface area contributed by atoms with E-state index in [0.717, 1.165) is 11.3 Å². The third-order valence-corrected chi connectivity index (χ3v) is 6.14. The molecule has 2 aromatic rings. The Morgan fingerprint density at radius 1 is 1.19 bits per heavy atom. The molecule has 2 atom stereocenters. The van der Waals surface area contributed by atoms with Crippen LogP contribution in [0.15, 0.2) is 47.4 Å². The van der Waals surface area contributed by atoms with Crippen LogP contribution in [0.1, 0.15) is 43.4 Å². The SMILES string of the molecule is CC[C@H](NS(=O)(=O)c1ccc2c(c1)[C@@H](C)C(=O)N2)c1ccc(OC)cc1. The number of carbonyl (C=O) groups excluding carboxylic acids is 1. The van der Waals surface area contributed by atoms with Gasteiger partial charge in [0.2, 0.25) is 15.9 Å². The smallest absolute Gasteiger partial charge is 0.241 e. The average Bonchev–Trinajstić information content (AvgIpc) is 2.93. The van der Waals surface area contributed by atoms with Crippen LogP contribution in [0.25, 0.3) is 0 Å². The van der Waals surface area contributed by atoms with Gasteiger partial charge < -0.3 is 10.1 Å². The first-order valence-corrected chi connectivity index (χ1v) is 9.95. The molecule has 0 aliphatic carbocycles. The minimum atomic E-state index is -3.72. The zero-order valence-corrected chi connectivity index (χ0v) is 15.8. The highest BCUT2D eigenvalue weighted by molar-refractivity contribution is 7.89. The van der Waals surface area contributed by atoms with E-state index in [9.17, 15) is 13.2 Å². The highest BCUT2D eigenvalue weighted by Gasteiger charge is 2.29. The van der Waals surface area contributed by atoms with Gasteiger partial charge in [-0.25, -0.2) is 13.1 Å². The molecule has 1 amide bonds. The van der Waals surface area contributed by atoms with Crippen LogP contribution in [0.4, 0.5) is 5.69 Å². The largest absolute Gasteiger partial charge is 0.497 e. The van der Waals surface area contributed by atoms with Crippen molar-refractivity contribution in [3.05, 3.63) is 53.6 Å². The molecule has 0 spiro atoms. The predicted molar refractivity (Wildman–Crippen MR) is 99.8 cm³/mol. The van der Waals surface area contributed by atoms with Crippen LogP contribution in [0.5, 0.6) is 5.75 Å². The number of fused-ring (bicyclic) bond motifs is 1. The molecule has 0 unspecified atom stereocenters. The van der Waals surface area contributed by atoms with Gasteiger partial charge >= 0.3 is 0 Å². The van der Waals surface area contributed by atoms with Gasteiger partial charge in [-0.3, -0.25) is 4.79 Å². The van der Waals surface area contributed by atoms with Crippen molar-refractivity contribution in [3.8, 4) is 5.75 Å². The molecular formula is C19H22N2O4S. The zero-order valence-electron chi connectivity index (χ0n) is 14.9. The van der Waals surface area contributed by atoms with Gasteiger partial charge in [-0.2, -0.15) is 0 Å². The second-order valence-electron chi connectivity index (χ2n) is 6.32. The minimum Gasteiger partial charge on any atom is -0.497 e. The summed E-state index contributed by atoms with van der Waals surface area (Å²) in [6.07, 6.45) is 0.604. The second-order valence-corrected chi connectivity index (χ2v) is 8.03. The predicted octanol–water partition coefficient (Wildman–Crippen LogP) is 3.18. The van der Waals surface area contributed by atoms with Crippen molar-refractivity contribution < 1.29 is 17.9 Å². The molecule has 26 heavy (non-hydrogen) atoms. The maximum atomic E-state index is 12.8. The first-order valence-electron chi connectivity index (χ1n) is 8.46. The maximum absolute atomic E-state index is 12.8. The number of benzene rings is 2. The van der Waals surface area contributed by atoms with Gasteiger partial charge in [-0.1, -0.05) is 19.1 Å². The first-order chi connectivity index (χ1) is 12.4. The number of ether oxygens (including phenoxy) is 1. The number of nitrogens with one attached hydrogen (secondary N) is 2. The van der Waals surface area contributed by atoms with E-state index >= 15 is 0 Å². The van der Waals surface area contributed by atoms with Crippen molar-refractivity contribution >= 4 is 21.6 Å². The number of anilines is 1. The summed E-state index contributed by atoms with van der Waals surface area (Å²) in [6.45, 7) is 3.68. The normalized spacial score (nSPS) is 17.5. The van der Waals surface area contributed by atoms with E-state index in [1.54, 1.807) is 38.3 Å². The van der Waals surface area contributed by atoms with Crippen LogP contribution in [-0.4, -0.2) is 21.4 Å². The average molecular weight is 374 g/mol. The lowest BCUT2D eigenvalue weighted by Crippen LogP contribution is -2.28. The number of hydrogen-bond donors (Lipinski definition) is 2. The van der Waals surface area contributed by atoms with Crippen LogP contribution in [0, 0.1) is 0 Å². The summed E-state index contributed by atoms with van der Waals surface area (Å²) in [5.74, 6) is 0.243. The summed E-state index contributed by atoms with van der Waals surface area (Å²) in [7, 11) is -2.13. The highest BCUT2D eigenvalue weighted by Crippen LogP contribution is 2.34. The zero-order chi connectivity index (χ0) is 18.9. The highest BCUT2D eigenvalue weighted by atomic mass is 32.2. The molecule has 2 aromatic carbocycles. The third-order valence-electron chi connectivity index (χ3n) is 4.67. The van der Waals surface area contributed by atoms with Crippen molar-refractivity contribution in [3.63, 3.8) is 0 Å². The molecule has 0 bridgehead atoms. The van der Waals surface area contributed by atoms with Gasteiger partial charge in [-0.05, 0) is 54.8 Å². The van der Waals surface area contributed by atoms with E-state index in [0.29, 0.717) is 17.7 Å². The van der Waals surface area contributed by atoms with E-state index in [1.807, 2.05) is 19.1 Å². The molecule has 6 nitrogen and oxygen atoms in total. The Morgan fingerprint density at radius 3 is 2.50 bits per heavy atom. The Labute approximate surface area is 153 Å². The number of rotatable bonds is 6. The van der Waals surface area contributed by atoms with Gasteiger partial charge in [0.05, 0.1) is 17.9 Å². The quantitative estimate of drug-likeness (QED) is 0.813. The standard InChI is InChI=1S/C19H22N2O4S/c1-4-17(13-5-7-14(25-3)8-6-13)21-26(23,24)15-9-10-18-16(11-15)12(2)19(22)20-18/h5-12,17,21H,4H2,1-3H3,(H,20,22)/t12-,17+/m1/s1. The minimum absolute atomic E-state index is 0.118. The Morgan fingerprint density at radius 2 is 1.88 bits per heavy atom. The first kappa shape index (κ1) is 18.4. The molecule has 0 saturated heterocycles. The summed E-state index contributed by atoms with van der Waals surface area (Å²) < 4.78 is 33.6. The number of hydrogen-bond acceptors (Lipinski definition) is 4. The molecule has 1 heterocycles. The van der Waals surface area contributed by atoms with E-state index in [2.05, 4.69) is 10.0 Å². The molecular weight excluding hydrogens is 352 g/mol. The molecule has 0 radical (unpaired) electrons. The van der Waals surface area contributed by atoms with Crippen LogP contribution in [0.3, 0.4) is 0 Å². The van der Waals surface area contributed by atoms with Crippen LogP contribution in [0.2, 0.25) is 0 Å². The van der Waals surface area contributed by atoms with Crippen LogP contribution >= 0.6 is 0 Å². The molecule has 7 heteroatoms. The fourth-order valence-corrected chi connectivity index (χ4v) is 4.38. The molecule has 2 N–H and O–H groups in total. The molecule has 1 aliphatic heterocycles. The monoisotopic (exact) mass is 374 g/mol. The number of amides is 1. The number of methoxy groups -OCH3 is 1. The summed E-state index contributed by atoms with van der Waals surface area (Å²) in [5.41, 5.74) is 2.24. The van der Waals surface area contributed by atoms with Crippen LogP contribution < -0.4 is 14.8 Å². The van der Waals surface area contributed by atoms with Gasteiger partial charge in [-0.15, -0.1) is 0 Å². The number of sulfonamides is 1. The van der Waals surface area contributed by atoms with Crippen LogP contribution in [-0.2, 0) is 14.8 Å².